The van der Waals surface area contributed by atoms with Gasteiger partial charge in [0, 0.05) is 75.1 Å². The van der Waals surface area contributed by atoms with Crippen LogP contribution in [0.2, 0.25) is 0 Å². The molecular formula is C21H23N5O. The van der Waals surface area contributed by atoms with E-state index < -0.39 is 0 Å². The van der Waals surface area contributed by atoms with Crippen LogP contribution in [0.4, 0.5) is 0 Å². The lowest BCUT2D eigenvalue weighted by Crippen LogP contribution is -2.46. The predicted molar refractivity (Wildman–Crippen MR) is 103 cm³/mol. The number of rotatable bonds is 3. The lowest BCUT2D eigenvalue weighted by molar-refractivity contribution is 0.112. The SMILES string of the molecule is Cn1nccc1CN1C[C@@H]2C[C@H](C1)c1cc(-c3cccnc3)cc(=O)n1C2. The average molecular weight is 361 g/mol. The normalized spacial score (nSPS) is 21.8. The standard InChI is InChI=1S/C21H23N5O/c1-24-19(4-6-23-24)14-25-11-15-7-18(13-25)20-8-17(9-21(27)26(20)12-15)16-3-2-5-22-10-16/h2-6,8-10,15,18H,7,11-14H2,1H3/t15-,18+/m0/s1. The number of aromatic nitrogens is 4. The summed E-state index contributed by atoms with van der Waals surface area (Å²) >= 11 is 0. The van der Waals surface area contributed by atoms with Crippen molar-refractivity contribution in [2.75, 3.05) is 13.1 Å². The first-order chi connectivity index (χ1) is 13.2. The summed E-state index contributed by atoms with van der Waals surface area (Å²) in [5, 5.41) is 4.29. The highest BCUT2D eigenvalue weighted by atomic mass is 16.1. The highest BCUT2D eigenvalue weighted by Crippen LogP contribution is 2.36. The van der Waals surface area contributed by atoms with Gasteiger partial charge in [0.1, 0.15) is 0 Å². The molecule has 3 aromatic rings. The van der Waals surface area contributed by atoms with Crippen LogP contribution in [0.15, 0.2) is 53.7 Å². The van der Waals surface area contributed by atoms with E-state index in [-0.39, 0.29) is 5.56 Å². The molecule has 138 valence electrons. The number of fused-ring (bicyclic) bond motifs is 4. The molecule has 2 bridgehead atoms. The molecule has 0 unspecified atom stereocenters. The molecule has 0 saturated carbocycles. The van der Waals surface area contributed by atoms with E-state index in [4.69, 9.17) is 0 Å². The molecule has 1 fully saturated rings. The summed E-state index contributed by atoms with van der Waals surface area (Å²) in [6, 6.07) is 9.98. The van der Waals surface area contributed by atoms with Gasteiger partial charge in [-0.15, -0.1) is 0 Å². The fourth-order valence-electron chi connectivity index (χ4n) is 4.67. The molecule has 5 rings (SSSR count). The van der Waals surface area contributed by atoms with Crippen LogP contribution in [0, 0.1) is 5.92 Å². The van der Waals surface area contributed by atoms with Crippen molar-refractivity contribution in [2.24, 2.45) is 13.0 Å². The van der Waals surface area contributed by atoms with Crippen LogP contribution in [0.25, 0.3) is 11.1 Å². The lowest BCUT2D eigenvalue weighted by atomic mass is 9.82. The molecule has 2 atom stereocenters. The molecule has 0 aliphatic carbocycles. The van der Waals surface area contributed by atoms with Crippen molar-refractivity contribution in [1.82, 2.24) is 24.2 Å². The topological polar surface area (TPSA) is 56.0 Å². The second-order valence-corrected chi connectivity index (χ2v) is 7.80. The maximum atomic E-state index is 12.8. The number of piperidine rings is 1. The Morgan fingerprint density at radius 3 is 2.81 bits per heavy atom. The Hall–Kier alpha value is -2.73. The summed E-state index contributed by atoms with van der Waals surface area (Å²) in [4.78, 5) is 19.5. The van der Waals surface area contributed by atoms with Gasteiger partial charge in [-0.2, -0.15) is 5.10 Å². The molecule has 0 amide bonds. The minimum absolute atomic E-state index is 0.112. The van der Waals surface area contributed by atoms with Gasteiger partial charge in [0.2, 0.25) is 0 Å². The van der Waals surface area contributed by atoms with E-state index in [1.165, 1.54) is 11.4 Å². The third-order valence-corrected chi connectivity index (χ3v) is 5.93. The van der Waals surface area contributed by atoms with E-state index in [0.29, 0.717) is 11.8 Å². The summed E-state index contributed by atoms with van der Waals surface area (Å²) in [5.74, 6) is 0.932. The maximum absolute atomic E-state index is 12.8. The van der Waals surface area contributed by atoms with Gasteiger partial charge in [-0.05, 0) is 36.1 Å². The minimum Gasteiger partial charge on any atom is -0.312 e. The first kappa shape index (κ1) is 16.4. The van der Waals surface area contributed by atoms with Crippen molar-refractivity contribution in [3.8, 4) is 11.1 Å². The number of aryl methyl sites for hydroxylation is 1. The van der Waals surface area contributed by atoms with Crippen LogP contribution in [-0.2, 0) is 20.1 Å². The van der Waals surface area contributed by atoms with Crippen molar-refractivity contribution in [3.05, 3.63) is 70.7 Å². The van der Waals surface area contributed by atoms with Crippen LogP contribution >= 0.6 is 0 Å². The van der Waals surface area contributed by atoms with Crippen LogP contribution in [0.1, 0.15) is 23.7 Å². The Balaban J connectivity index is 1.47. The van der Waals surface area contributed by atoms with Crippen molar-refractivity contribution in [1.29, 1.82) is 0 Å². The molecule has 2 aliphatic rings. The van der Waals surface area contributed by atoms with E-state index in [1.807, 2.05) is 40.8 Å². The van der Waals surface area contributed by atoms with Crippen molar-refractivity contribution in [3.63, 3.8) is 0 Å². The van der Waals surface area contributed by atoms with Crippen LogP contribution in [0.5, 0.6) is 0 Å². The zero-order valence-corrected chi connectivity index (χ0v) is 15.5. The summed E-state index contributed by atoms with van der Waals surface area (Å²) < 4.78 is 3.95. The first-order valence-electron chi connectivity index (χ1n) is 9.52. The van der Waals surface area contributed by atoms with E-state index in [2.05, 4.69) is 27.1 Å². The van der Waals surface area contributed by atoms with Crippen LogP contribution in [0.3, 0.4) is 0 Å². The zero-order valence-electron chi connectivity index (χ0n) is 15.5. The van der Waals surface area contributed by atoms with Crippen molar-refractivity contribution >= 4 is 0 Å². The van der Waals surface area contributed by atoms with Crippen molar-refractivity contribution in [2.45, 2.75) is 25.4 Å². The maximum Gasteiger partial charge on any atom is 0.251 e. The molecule has 0 aromatic carbocycles. The predicted octanol–water partition coefficient (Wildman–Crippen LogP) is 2.26. The van der Waals surface area contributed by atoms with Crippen LogP contribution < -0.4 is 5.56 Å². The van der Waals surface area contributed by atoms with Gasteiger partial charge < -0.3 is 4.57 Å². The van der Waals surface area contributed by atoms with Gasteiger partial charge in [-0.3, -0.25) is 19.4 Å². The van der Waals surface area contributed by atoms with Gasteiger partial charge >= 0.3 is 0 Å². The molecule has 5 heterocycles. The summed E-state index contributed by atoms with van der Waals surface area (Å²) in [6.07, 6.45) is 6.61. The highest BCUT2D eigenvalue weighted by molar-refractivity contribution is 5.62. The Kier molecular flexibility index (Phi) is 3.93. The minimum atomic E-state index is 0.112. The first-order valence-corrected chi connectivity index (χ1v) is 9.52. The van der Waals surface area contributed by atoms with Gasteiger partial charge in [0.05, 0.1) is 5.69 Å². The lowest BCUT2D eigenvalue weighted by Gasteiger charge is -2.43. The van der Waals surface area contributed by atoms with E-state index in [0.717, 1.165) is 43.7 Å². The quantitative estimate of drug-likeness (QED) is 0.718. The average Bonchev–Trinajstić information content (AvgIpc) is 3.08. The van der Waals surface area contributed by atoms with Gasteiger partial charge in [0.15, 0.2) is 0 Å². The summed E-state index contributed by atoms with van der Waals surface area (Å²) in [6.45, 7) is 3.76. The Bertz CT molecular complexity index is 1020. The molecular weight excluding hydrogens is 338 g/mol. The van der Waals surface area contributed by atoms with Gasteiger partial charge in [-0.1, -0.05) is 6.07 Å². The summed E-state index contributed by atoms with van der Waals surface area (Å²) in [5.41, 5.74) is 4.49. The smallest absolute Gasteiger partial charge is 0.251 e. The van der Waals surface area contributed by atoms with E-state index in [9.17, 15) is 4.79 Å². The second kappa shape index (κ2) is 6.46. The zero-order chi connectivity index (χ0) is 18.4. The molecule has 3 aromatic heterocycles. The van der Waals surface area contributed by atoms with Gasteiger partial charge in [-0.25, -0.2) is 0 Å². The van der Waals surface area contributed by atoms with Crippen LogP contribution in [-0.4, -0.2) is 37.3 Å². The number of likely N-dealkylation sites (tertiary alicyclic amines) is 1. The molecule has 0 spiro atoms. The molecule has 0 radical (unpaired) electrons. The largest absolute Gasteiger partial charge is 0.312 e. The number of hydrogen-bond donors (Lipinski definition) is 0. The number of nitrogens with zero attached hydrogens (tertiary/aromatic N) is 5. The molecule has 2 aliphatic heterocycles. The fraction of sp³-hybridized carbons (Fsp3) is 0.381. The third-order valence-electron chi connectivity index (χ3n) is 5.93. The molecule has 27 heavy (non-hydrogen) atoms. The van der Waals surface area contributed by atoms with Gasteiger partial charge in [0.25, 0.3) is 5.56 Å². The Morgan fingerprint density at radius 2 is 2.04 bits per heavy atom. The third kappa shape index (κ3) is 3.00. The summed E-state index contributed by atoms with van der Waals surface area (Å²) in [7, 11) is 2.00. The monoisotopic (exact) mass is 361 g/mol. The van der Waals surface area contributed by atoms with E-state index in [1.54, 1.807) is 12.3 Å². The molecule has 0 N–H and O–H groups in total. The second-order valence-electron chi connectivity index (χ2n) is 7.80. The van der Waals surface area contributed by atoms with E-state index >= 15 is 0 Å². The number of pyridine rings is 2. The highest BCUT2D eigenvalue weighted by Gasteiger charge is 2.35. The molecule has 1 saturated heterocycles. The Morgan fingerprint density at radius 1 is 1.11 bits per heavy atom. The Labute approximate surface area is 158 Å². The van der Waals surface area contributed by atoms with Crippen molar-refractivity contribution < 1.29 is 0 Å². The molecule has 6 nitrogen and oxygen atoms in total. The number of hydrogen-bond acceptors (Lipinski definition) is 4. The molecule has 6 heteroatoms. The fourth-order valence-corrected chi connectivity index (χ4v) is 4.67.